The van der Waals surface area contributed by atoms with Crippen molar-refractivity contribution in [2.75, 3.05) is 65.7 Å². The second kappa shape index (κ2) is 47.3. The molecule has 0 fully saturated rings. The van der Waals surface area contributed by atoms with Gasteiger partial charge < -0.3 is 29.1 Å². The van der Waals surface area contributed by atoms with Gasteiger partial charge in [-0.2, -0.15) is 0 Å². The van der Waals surface area contributed by atoms with Gasteiger partial charge in [0.1, 0.15) is 0 Å². The maximum absolute atomic E-state index is 12.1. The summed E-state index contributed by atoms with van der Waals surface area (Å²) < 4.78 is 16.3. The summed E-state index contributed by atoms with van der Waals surface area (Å²) in [4.78, 5) is 41.3. The van der Waals surface area contributed by atoms with E-state index in [2.05, 4.69) is 30.6 Å². The zero-order valence-corrected chi connectivity index (χ0v) is 39.4. The van der Waals surface area contributed by atoms with Gasteiger partial charge in [-0.25, -0.2) is 0 Å². The molecule has 0 heterocycles. The quantitative estimate of drug-likeness (QED) is 0.0364. The largest absolute Gasteiger partial charge is 0.466 e. The lowest BCUT2D eigenvalue weighted by atomic mass is 10.1. The van der Waals surface area contributed by atoms with Crippen LogP contribution >= 0.6 is 0 Å². The second-order valence-corrected chi connectivity index (χ2v) is 17.2. The Morgan fingerprint density at radius 1 is 0.322 bits per heavy atom. The lowest BCUT2D eigenvalue weighted by Crippen LogP contribution is -2.33. The smallest absolute Gasteiger partial charge is 0.305 e. The van der Waals surface area contributed by atoms with E-state index < -0.39 is 0 Å². The van der Waals surface area contributed by atoms with Gasteiger partial charge >= 0.3 is 17.9 Å². The van der Waals surface area contributed by atoms with Gasteiger partial charge in [-0.3, -0.25) is 14.4 Å². The van der Waals surface area contributed by atoms with Gasteiger partial charge in [-0.15, -0.1) is 0 Å². The van der Waals surface area contributed by atoms with Crippen molar-refractivity contribution < 1.29 is 33.7 Å². The summed E-state index contributed by atoms with van der Waals surface area (Å²) in [5.41, 5.74) is 0. The van der Waals surface area contributed by atoms with Crippen LogP contribution in [0.15, 0.2) is 0 Å². The third-order valence-electron chi connectivity index (χ3n) is 11.5. The van der Waals surface area contributed by atoms with E-state index in [1.54, 1.807) is 0 Å². The number of ether oxygens (including phenoxy) is 3. The first kappa shape index (κ1) is 57.3. The zero-order valence-electron chi connectivity index (χ0n) is 39.4. The average molecular weight is 839 g/mol. The molecule has 0 rings (SSSR count). The molecular weight excluding hydrogens is 741 g/mol. The lowest BCUT2D eigenvalue weighted by Gasteiger charge is -2.26. The van der Waals surface area contributed by atoms with Crippen molar-refractivity contribution in [3.63, 3.8) is 0 Å². The molecular formula is C50H98N2O7. The van der Waals surface area contributed by atoms with Crippen molar-refractivity contribution in [3.8, 4) is 0 Å². The highest BCUT2D eigenvalue weighted by Gasteiger charge is 2.10. The molecule has 0 spiro atoms. The normalized spacial score (nSPS) is 11.5. The first-order chi connectivity index (χ1) is 29.0. The van der Waals surface area contributed by atoms with E-state index in [9.17, 15) is 19.5 Å². The van der Waals surface area contributed by atoms with Crippen LogP contribution in [0, 0.1) is 0 Å². The SMILES string of the molecule is CCCCCCCOC(=O)CCCCCCCN(CCO)CCCN(CCCCCCCC(=O)OCCCCCCC)CCCCCCCC(=O)OCCCCCCC. The van der Waals surface area contributed by atoms with Crippen molar-refractivity contribution in [2.24, 2.45) is 0 Å². The Balaban J connectivity index is 4.44. The summed E-state index contributed by atoms with van der Waals surface area (Å²) in [5.74, 6) is -0.112. The molecule has 59 heavy (non-hydrogen) atoms. The van der Waals surface area contributed by atoms with Gasteiger partial charge in [0.2, 0.25) is 0 Å². The number of carbonyl (C=O) groups excluding carboxylic acids is 3. The fourth-order valence-corrected chi connectivity index (χ4v) is 7.63. The van der Waals surface area contributed by atoms with Crippen molar-refractivity contribution >= 4 is 17.9 Å². The Hall–Kier alpha value is -1.71. The first-order valence-corrected chi connectivity index (χ1v) is 25.5. The highest BCUT2D eigenvalue weighted by molar-refractivity contribution is 5.69. The standard InChI is InChI=1S/C50H98N2O7/c1-4-7-10-22-31-45-57-48(54)35-25-16-13-19-28-38-51(39-29-20-14-17-26-36-49(55)58-46-32-23-11-8-5-2)41-34-42-52(43-44-53)40-30-21-15-18-27-37-50(56)59-47-33-24-12-9-6-3/h53H,4-47H2,1-3H3. The topological polar surface area (TPSA) is 106 Å². The summed E-state index contributed by atoms with van der Waals surface area (Å²) in [6, 6.07) is 0. The molecule has 0 atom stereocenters. The number of unbranched alkanes of at least 4 members (excludes halogenated alkanes) is 24. The predicted octanol–water partition coefficient (Wildman–Crippen LogP) is 12.5. The Morgan fingerprint density at radius 3 is 0.898 bits per heavy atom. The number of aliphatic hydroxyl groups is 1. The maximum Gasteiger partial charge on any atom is 0.305 e. The molecule has 0 saturated heterocycles. The van der Waals surface area contributed by atoms with Crippen LogP contribution in [-0.2, 0) is 28.6 Å². The lowest BCUT2D eigenvalue weighted by molar-refractivity contribution is -0.144. The van der Waals surface area contributed by atoms with Gasteiger partial charge in [-0.05, 0) is 96.9 Å². The van der Waals surface area contributed by atoms with Crippen molar-refractivity contribution in [3.05, 3.63) is 0 Å². The van der Waals surface area contributed by atoms with Crippen LogP contribution in [0.5, 0.6) is 0 Å². The van der Waals surface area contributed by atoms with Gasteiger partial charge in [0.15, 0.2) is 0 Å². The minimum absolute atomic E-state index is 0.0346. The summed E-state index contributed by atoms with van der Waals surface area (Å²) in [5, 5.41) is 9.76. The molecule has 0 aliphatic heterocycles. The van der Waals surface area contributed by atoms with Crippen molar-refractivity contribution in [1.82, 2.24) is 9.80 Å². The Bertz CT molecular complexity index is 862. The number of hydrogen-bond acceptors (Lipinski definition) is 9. The van der Waals surface area contributed by atoms with E-state index in [0.29, 0.717) is 39.1 Å². The number of rotatable bonds is 48. The number of aliphatic hydroxyl groups excluding tert-OH is 1. The molecule has 0 aliphatic rings. The predicted molar refractivity (Wildman–Crippen MR) is 247 cm³/mol. The van der Waals surface area contributed by atoms with Crippen LogP contribution in [0.3, 0.4) is 0 Å². The van der Waals surface area contributed by atoms with Crippen LogP contribution in [-0.4, -0.2) is 98.5 Å². The van der Waals surface area contributed by atoms with Crippen LogP contribution in [0.4, 0.5) is 0 Å². The third-order valence-corrected chi connectivity index (χ3v) is 11.5. The molecule has 0 aromatic heterocycles. The van der Waals surface area contributed by atoms with E-state index in [1.165, 1.54) is 83.5 Å². The molecule has 0 aromatic carbocycles. The van der Waals surface area contributed by atoms with Gasteiger partial charge in [-0.1, -0.05) is 156 Å². The van der Waals surface area contributed by atoms with E-state index in [4.69, 9.17) is 14.2 Å². The first-order valence-electron chi connectivity index (χ1n) is 25.5. The zero-order chi connectivity index (χ0) is 43.1. The average Bonchev–Trinajstić information content (AvgIpc) is 3.23. The van der Waals surface area contributed by atoms with Crippen molar-refractivity contribution in [1.29, 1.82) is 0 Å². The van der Waals surface area contributed by atoms with Crippen LogP contribution in [0.1, 0.15) is 239 Å². The molecule has 0 unspecified atom stereocenters. The fourth-order valence-electron chi connectivity index (χ4n) is 7.63. The Kier molecular flexibility index (Phi) is 46.0. The molecule has 0 amide bonds. The number of nitrogens with zero attached hydrogens (tertiary/aromatic N) is 2. The summed E-state index contributed by atoms with van der Waals surface area (Å²) >= 11 is 0. The molecule has 9 nitrogen and oxygen atoms in total. The highest BCUT2D eigenvalue weighted by Crippen LogP contribution is 2.13. The molecule has 0 aromatic rings. The van der Waals surface area contributed by atoms with E-state index in [-0.39, 0.29) is 24.5 Å². The van der Waals surface area contributed by atoms with Gasteiger partial charge in [0.25, 0.3) is 0 Å². The second-order valence-electron chi connectivity index (χ2n) is 17.2. The number of carbonyl (C=O) groups is 3. The number of hydrogen-bond donors (Lipinski definition) is 1. The molecule has 9 heteroatoms. The van der Waals surface area contributed by atoms with Gasteiger partial charge in [0.05, 0.1) is 26.4 Å². The van der Waals surface area contributed by atoms with Crippen LogP contribution in [0.2, 0.25) is 0 Å². The van der Waals surface area contributed by atoms with E-state index in [0.717, 1.165) is 155 Å². The summed E-state index contributed by atoms with van der Waals surface area (Å²) in [6.45, 7) is 14.6. The minimum Gasteiger partial charge on any atom is -0.466 e. The molecule has 350 valence electrons. The van der Waals surface area contributed by atoms with Crippen LogP contribution in [0.25, 0.3) is 0 Å². The Labute approximate surface area is 365 Å². The minimum atomic E-state index is -0.0428. The molecule has 0 aliphatic carbocycles. The molecule has 0 bridgehead atoms. The highest BCUT2D eigenvalue weighted by atomic mass is 16.5. The molecule has 0 saturated carbocycles. The van der Waals surface area contributed by atoms with E-state index >= 15 is 0 Å². The van der Waals surface area contributed by atoms with E-state index in [1.807, 2.05) is 0 Å². The number of esters is 3. The maximum atomic E-state index is 12.1. The van der Waals surface area contributed by atoms with Crippen molar-refractivity contribution in [2.45, 2.75) is 239 Å². The summed E-state index contributed by atoms with van der Waals surface area (Å²) in [7, 11) is 0. The van der Waals surface area contributed by atoms with Gasteiger partial charge in [0, 0.05) is 25.8 Å². The fraction of sp³-hybridized carbons (Fsp3) is 0.940. The molecule has 0 radical (unpaired) electrons. The Morgan fingerprint density at radius 2 is 0.576 bits per heavy atom. The monoisotopic (exact) mass is 839 g/mol. The summed E-state index contributed by atoms with van der Waals surface area (Å²) in [6.07, 6.45) is 36.8. The van der Waals surface area contributed by atoms with Crippen LogP contribution < -0.4 is 0 Å². The molecule has 1 N–H and O–H groups in total. The third kappa shape index (κ3) is 44.2.